The lowest BCUT2D eigenvalue weighted by Crippen LogP contribution is -2.45. The number of amides is 2. The SMILES string of the molecule is O=C(c1ccc(F)cc1F)N1CCC(C(=O)N2CC=C(c3ccccc3)CC2)CC1. The van der Waals surface area contributed by atoms with Crippen LogP contribution in [0, 0.1) is 17.6 Å². The minimum atomic E-state index is -0.854. The smallest absolute Gasteiger partial charge is 0.256 e. The largest absolute Gasteiger partial charge is 0.339 e. The van der Waals surface area contributed by atoms with Crippen LogP contribution in [0.5, 0.6) is 0 Å². The van der Waals surface area contributed by atoms with Crippen LogP contribution in [0.3, 0.4) is 0 Å². The Morgan fingerprint density at radius 2 is 1.63 bits per heavy atom. The van der Waals surface area contributed by atoms with Gasteiger partial charge in [-0.3, -0.25) is 9.59 Å². The molecule has 0 spiro atoms. The Morgan fingerprint density at radius 3 is 2.27 bits per heavy atom. The Labute approximate surface area is 174 Å². The zero-order valence-electron chi connectivity index (χ0n) is 16.7. The van der Waals surface area contributed by atoms with Gasteiger partial charge >= 0.3 is 0 Å². The second kappa shape index (κ2) is 8.78. The van der Waals surface area contributed by atoms with Crippen molar-refractivity contribution < 1.29 is 18.4 Å². The maximum absolute atomic E-state index is 13.9. The van der Waals surface area contributed by atoms with E-state index in [2.05, 4.69) is 18.2 Å². The fraction of sp³-hybridized carbons (Fsp3) is 0.333. The summed E-state index contributed by atoms with van der Waals surface area (Å²) in [6, 6.07) is 13.2. The van der Waals surface area contributed by atoms with E-state index in [0.717, 1.165) is 18.6 Å². The average molecular weight is 410 g/mol. The molecule has 2 heterocycles. The number of rotatable bonds is 3. The minimum Gasteiger partial charge on any atom is -0.339 e. The van der Waals surface area contributed by atoms with Crippen LogP contribution in [0.25, 0.3) is 5.57 Å². The van der Waals surface area contributed by atoms with Gasteiger partial charge in [0.25, 0.3) is 5.91 Å². The fourth-order valence-corrected chi connectivity index (χ4v) is 4.20. The molecule has 30 heavy (non-hydrogen) atoms. The number of nitrogens with zero attached hydrogens (tertiary/aromatic N) is 2. The van der Waals surface area contributed by atoms with Gasteiger partial charge in [0.05, 0.1) is 5.56 Å². The Morgan fingerprint density at radius 1 is 0.900 bits per heavy atom. The van der Waals surface area contributed by atoms with Crippen molar-refractivity contribution in [1.82, 2.24) is 9.80 Å². The highest BCUT2D eigenvalue weighted by Crippen LogP contribution is 2.26. The van der Waals surface area contributed by atoms with Gasteiger partial charge in [0.1, 0.15) is 11.6 Å². The highest BCUT2D eigenvalue weighted by atomic mass is 19.1. The Balaban J connectivity index is 1.32. The standard InChI is InChI=1S/C24H24F2N2O2/c25-20-6-7-21(22(26)16-20)24(30)28-14-10-19(11-15-28)23(29)27-12-8-18(9-13-27)17-4-2-1-3-5-17/h1-8,16,19H,9-15H2. The summed E-state index contributed by atoms with van der Waals surface area (Å²) >= 11 is 0. The van der Waals surface area contributed by atoms with Crippen LogP contribution >= 0.6 is 0 Å². The number of benzene rings is 2. The van der Waals surface area contributed by atoms with Crippen molar-refractivity contribution in [3.8, 4) is 0 Å². The maximum atomic E-state index is 13.9. The highest BCUT2D eigenvalue weighted by Gasteiger charge is 2.31. The Hall–Kier alpha value is -3.02. The van der Waals surface area contributed by atoms with Gasteiger partial charge in [-0.25, -0.2) is 8.78 Å². The molecule has 0 saturated carbocycles. The monoisotopic (exact) mass is 410 g/mol. The minimum absolute atomic E-state index is 0.124. The molecule has 4 rings (SSSR count). The number of hydrogen-bond acceptors (Lipinski definition) is 2. The molecule has 0 aromatic heterocycles. The molecular formula is C24H24F2N2O2. The molecule has 6 heteroatoms. The van der Waals surface area contributed by atoms with E-state index in [0.29, 0.717) is 39.0 Å². The van der Waals surface area contributed by atoms with Crippen molar-refractivity contribution in [2.24, 2.45) is 5.92 Å². The van der Waals surface area contributed by atoms with E-state index < -0.39 is 17.5 Å². The summed E-state index contributed by atoms with van der Waals surface area (Å²) in [5.74, 6) is -2.02. The lowest BCUT2D eigenvalue weighted by atomic mass is 9.93. The first-order valence-corrected chi connectivity index (χ1v) is 10.3. The molecule has 0 bridgehead atoms. The fourth-order valence-electron chi connectivity index (χ4n) is 4.20. The lowest BCUT2D eigenvalue weighted by molar-refractivity contribution is -0.136. The predicted molar refractivity (Wildman–Crippen MR) is 111 cm³/mol. The summed E-state index contributed by atoms with van der Waals surface area (Å²) in [5.41, 5.74) is 2.33. The second-order valence-electron chi connectivity index (χ2n) is 7.82. The van der Waals surface area contributed by atoms with Gasteiger partial charge in [-0.05, 0) is 42.5 Å². The number of likely N-dealkylation sites (tertiary alicyclic amines) is 1. The molecule has 0 aliphatic carbocycles. The molecule has 2 aliphatic rings. The number of piperidine rings is 1. The van der Waals surface area contributed by atoms with Crippen molar-refractivity contribution in [2.75, 3.05) is 26.2 Å². The first kappa shape index (κ1) is 20.3. The molecule has 156 valence electrons. The topological polar surface area (TPSA) is 40.6 Å². The zero-order chi connectivity index (χ0) is 21.1. The van der Waals surface area contributed by atoms with Gasteiger partial charge in [0.2, 0.25) is 5.91 Å². The third kappa shape index (κ3) is 4.27. The lowest BCUT2D eigenvalue weighted by Gasteiger charge is -2.35. The molecule has 0 atom stereocenters. The highest BCUT2D eigenvalue weighted by molar-refractivity contribution is 5.94. The van der Waals surface area contributed by atoms with Gasteiger partial charge in [0.15, 0.2) is 0 Å². The van der Waals surface area contributed by atoms with E-state index in [1.807, 2.05) is 23.1 Å². The van der Waals surface area contributed by atoms with Crippen molar-refractivity contribution >= 4 is 17.4 Å². The van der Waals surface area contributed by atoms with E-state index in [1.165, 1.54) is 17.2 Å². The molecular weight excluding hydrogens is 386 g/mol. The number of hydrogen-bond donors (Lipinski definition) is 0. The molecule has 2 aromatic carbocycles. The summed E-state index contributed by atoms with van der Waals surface area (Å²) in [4.78, 5) is 28.9. The molecule has 1 saturated heterocycles. The Bertz CT molecular complexity index is 966. The molecule has 2 aromatic rings. The van der Waals surface area contributed by atoms with Crippen molar-refractivity contribution in [3.63, 3.8) is 0 Å². The second-order valence-corrected chi connectivity index (χ2v) is 7.82. The number of halogens is 2. The molecule has 1 fully saturated rings. The molecule has 2 amide bonds. The van der Waals surface area contributed by atoms with Crippen LogP contribution in [0.2, 0.25) is 0 Å². The first-order chi connectivity index (χ1) is 14.5. The summed E-state index contributed by atoms with van der Waals surface area (Å²) in [6.07, 6.45) is 4.06. The van der Waals surface area contributed by atoms with Gasteiger partial charge in [-0.15, -0.1) is 0 Å². The molecule has 2 aliphatic heterocycles. The summed E-state index contributed by atoms with van der Waals surface area (Å²) in [7, 11) is 0. The van der Waals surface area contributed by atoms with Gasteiger partial charge in [-0.1, -0.05) is 36.4 Å². The quantitative estimate of drug-likeness (QED) is 0.763. The predicted octanol–water partition coefficient (Wildman–Crippen LogP) is 4.13. The first-order valence-electron chi connectivity index (χ1n) is 10.3. The number of carbonyl (C=O) groups is 2. The van der Waals surface area contributed by atoms with Crippen molar-refractivity contribution in [3.05, 3.63) is 77.4 Å². The summed E-state index contributed by atoms with van der Waals surface area (Å²) in [5, 5.41) is 0. The van der Waals surface area contributed by atoms with E-state index in [-0.39, 0.29) is 17.4 Å². The molecule has 4 nitrogen and oxygen atoms in total. The third-order valence-corrected chi connectivity index (χ3v) is 5.96. The van der Waals surface area contributed by atoms with E-state index in [1.54, 1.807) is 4.90 Å². The van der Waals surface area contributed by atoms with Gasteiger partial charge in [0, 0.05) is 38.2 Å². The van der Waals surface area contributed by atoms with E-state index >= 15 is 0 Å². The summed E-state index contributed by atoms with van der Waals surface area (Å²) < 4.78 is 27.0. The van der Waals surface area contributed by atoms with Crippen LogP contribution in [-0.4, -0.2) is 47.8 Å². The van der Waals surface area contributed by atoms with Crippen molar-refractivity contribution in [2.45, 2.75) is 19.3 Å². The van der Waals surface area contributed by atoms with E-state index in [4.69, 9.17) is 0 Å². The maximum Gasteiger partial charge on any atom is 0.256 e. The molecule has 0 N–H and O–H groups in total. The van der Waals surface area contributed by atoms with Crippen molar-refractivity contribution in [1.29, 1.82) is 0 Å². The zero-order valence-corrected chi connectivity index (χ0v) is 16.7. The van der Waals surface area contributed by atoms with Crippen LogP contribution in [-0.2, 0) is 4.79 Å². The Kier molecular flexibility index (Phi) is 5.93. The normalized spacial score (nSPS) is 17.6. The molecule has 0 radical (unpaired) electrons. The van der Waals surface area contributed by atoms with Crippen LogP contribution in [0.1, 0.15) is 35.2 Å². The van der Waals surface area contributed by atoms with Gasteiger partial charge in [-0.2, -0.15) is 0 Å². The van der Waals surface area contributed by atoms with Crippen LogP contribution < -0.4 is 0 Å². The molecule has 0 unspecified atom stereocenters. The van der Waals surface area contributed by atoms with E-state index in [9.17, 15) is 18.4 Å². The summed E-state index contributed by atoms with van der Waals surface area (Å²) in [6.45, 7) is 2.08. The van der Waals surface area contributed by atoms with Gasteiger partial charge < -0.3 is 9.80 Å². The third-order valence-electron chi connectivity index (χ3n) is 5.96. The number of carbonyl (C=O) groups excluding carboxylic acids is 2. The van der Waals surface area contributed by atoms with Crippen LogP contribution in [0.4, 0.5) is 8.78 Å². The average Bonchev–Trinajstić information content (AvgIpc) is 2.79. The van der Waals surface area contributed by atoms with Crippen LogP contribution in [0.15, 0.2) is 54.6 Å².